The number of hydrogen-bond donors (Lipinski definition) is 1. The predicted octanol–water partition coefficient (Wildman–Crippen LogP) is 4.33. The molecule has 5 heteroatoms. The monoisotopic (exact) mass is 388 g/mol. The van der Waals surface area contributed by atoms with E-state index in [0.29, 0.717) is 6.61 Å². The molecule has 1 aromatic rings. The van der Waals surface area contributed by atoms with Crippen molar-refractivity contribution >= 4 is 11.6 Å². The van der Waals surface area contributed by atoms with Crippen LogP contribution in [0.1, 0.15) is 52.4 Å². The zero-order chi connectivity index (χ0) is 20.0. The van der Waals surface area contributed by atoms with Crippen molar-refractivity contribution in [3.63, 3.8) is 0 Å². The molecule has 1 N–H and O–H groups in total. The van der Waals surface area contributed by atoms with Crippen LogP contribution in [0.3, 0.4) is 0 Å². The molecule has 0 radical (unpaired) electrons. The van der Waals surface area contributed by atoms with Crippen LogP contribution in [-0.2, 0) is 9.53 Å². The maximum Gasteiger partial charge on any atom is 0.256 e. The second kappa shape index (κ2) is 9.75. The average Bonchev–Trinajstić information content (AvgIpc) is 2.69. The summed E-state index contributed by atoms with van der Waals surface area (Å²) in [5.74, 6) is 2.35. The predicted molar refractivity (Wildman–Crippen MR) is 113 cm³/mol. The minimum Gasteiger partial charge on any atom is -0.492 e. The van der Waals surface area contributed by atoms with Gasteiger partial charge in [-0.1, -0.05) is 33.1 Å². The third-order valence-corrected chi connectivity index (χ3v) is 6.20. The first kappa shape index (κ1) is 21.1. The van der Waals surface area contributed by atoms with Crippen molar-refractivity contribution in [1.82, 2.24) is 4.90 Å². The second-order valence-corrected chi connectivity index (χ2v) is 8.79. The average molecular weight is 389 g/mol. The van der Waals surface area contributed by atoms with Gasteiger partial charge in [0.1, 0.15) is 18.0 Å². The molecule has 1 aliphatic carbocycles. The Hall–Kier alpha value is -1.59. The fourth-order valence-corrected chi connectivity index (χ4v) is 4.79. The fourth-order valence-electron chi connectivity index (χ4n) is 4.79. The largest absolute Gasteiger partial charge is 0.492 e. The first-order valence-electron chi connectivity index (χ1n) is 10.8. The highest BCUT2D eigenvalue weighted by molar-refractivity contribution is 5.97. The molecule has 0 bridgehead atoms. The number of nitrogens with zero attached hydrogens (tertiary/aromatic N) is 1. The smallest absolute Gasteiger partial charge is 0.256 e. The van der Waals surface area contributed by atoms with Gasteiger partial charge in [0.15, 0.2) is 0 Å². The Morgan fingerprint density at radius 3 is 2.36 bits per heavy atom. The van der Waals surface area contributed by atoms with Crippen LogP contribution in [0.5, 0.6) is 5.75 Å². The van der Waals surface area contributed by atoms with E-state index in [1.807, 2.05) is 24.3 Å². The Balaban J connectivity index is 1.46. The molecule has 5 nitrogen and oxygen atoms in total. The van der Waals surface area contributed by atoms with Crippen molar-refractivity contribution in [2.45, 2.75) is 58.0 Å². The van der Waals surface area contributed by atoms with Crippen LogP contribution in [0.15, 0.2) is 24.3 Å². The number of anilines is 1. The summed E-state index contributed by atoms with van der Waals surface area (Å²) in [5, 5.41) is 3.02. The van der Waals surface area contributed by atoms with E-state index in [9.17, 15) is 4.79 Å². The van der Waals surface area contributed by atoms with E-state index in [1.165, 1.54) is 25.9 Å². The van der Waals surface area contributed by atoms with E-state index in [0.717, 1.165) is 55.5 Å². The number of nitrogens with one attached hydrogen (secondary N) is 1. The number of hydrogen-bond acceptors (Lipinski definition) is 4. The Morgan fingerprint density at radius 1 is 1.11 bits per heavy atom. The third-order valence-electron chi connectivity index (χ3n) is 6.20. The number of piperidine rings is 1. The summed E-state index contributed by atoms with van der Waals surface area (Å²) in [4.78, 5) is 15.2. The maximum absolute atomic E-state index is 12.7. The second-order valence-electron chi connectivity index (χ2n) is 8.79. The number of likely N-dealkylation sites (tertiary alicyclic amines) is 1. The molecule has 1 saturated carbocycles. The number of rotatable bonds is 7. The lowest BCUT2D eigenvalue weighted by molar-refractivity contribution is -0.141. The van der Waals surface area contributed by atoms with Crippen LogP contribution in [0.2, 0.25) is 0 Å². The molecule has 2 atom stereocenters. The van der Waals surface area contributed by atoms with E-state index in [2.05, 4.69) is 24.1 Å². The van der Waals surface area contributed by atoms with Crippen LogP contribution in [0, 0.1) is 11.8 Å². The molecular weight excluding hydrogens is 352 g/mol. The maximum atomic E-state index is 12.7. The van der Waals surface area contributed by atoms with Gasteiger partial charge in [0.05, 0.1) is 0 Å². The van der Waals surface area contributed by atoms with Gasteiger partial charge in [-0.3, -0.25) is 9.69 Å². The topological polar surface area (TPSA) is 50.8 Å². The van der Waals surface area contributed by atoms with Crippen LogP contribution < -0.4 is 10.1 Å². The van der Waals surface area contributed by atoms with Crippen molar-refractivity contribution in [3.05, 3.63) is 24.3 Å². The van der Waals surface area contributed by atoms with Gasteiger partial charge in [-0.05, 0) is 55.4 Å². The number of carbonyl (C=O) groups excluding carboxylic acids is 1. The molecule has 0 aromatic heterocycles. The van der Waals surface area contributed by atoms with Gasteiger partial charge in [-0.15, -0.1) is 0 Å². The highest BCUT2D eigenvalue weighted by Gasteiger charge is 2.39. The molecule has 156 valence electrons. The number of ether oxygens (including phenoxy) is 2. The Labute approximate surface area is 169 Å². The number of carbonyl (C=O) groups is 1. The van der Waals surface area contributed by atoms with Crippen LogP contribution >= 0.6 is 0 Å². The van der Waals surface area contributed by atoms with E-state index in [1.54, 1.807) is 7.11 Å². The fraction of sp³-hybridized carbons (Fsp3) is 0.696. The Morgan fingerprint density at radius 2 is 1.75 bits per heavy atom. The summed E-state index contributed by atoms with van der Waals surface area (Å²) in [6.45, 7) is 8.65. The summed E-state index contributed by atoms with van der Waals surface area (Å²) in [5.41, 5.74) is 0.119. The van der Waals surface area contributed by atoms with E-state index < -0.39 is 5.60 Å². The minimum absolute atomic E-state index is 0.0308. The quantitative estimate of drug-likeness (QED) is 0.755. The first-order valence-corrected chi connectivity index (χ1v) is 10.8. The summed E-state index contributed by atoms with van der Waals surface area (Å²) >= 11 is 0. The molecule has 2 aliphatic rings. The van der Waals surface area contributed by atoms with Gasteiger partial charge in [0.25, 0.3) is 5.91 Å². The SMILES string of the molecule is COC1(C(=O)Nc2ccc(OCCN3C[C@H](C)C[C@H](C)C3)cc2)CCCCC1. The Kier molecular flexibility index (Phi) is 7.36. The van der Waals surface area contributed by atoms with Gasteiger partial charge in [-0.25, -0.2) is 0 Å². The summed E-state index contributed by atoms with van der Waals surface area (Å²) < 4.78 is 11.5. The molecule has 1 heterocycles. The third kappa shape index (κ3) is 5.48. The molecule has 0 spiro atoms. The van der Waals surface area contributed by atoms with Crippen molar-refractivity contribution in [1.29, 1.82) is 0 Å². The summed E-state index contributed by atoms with van der Waals surface area (Å²) in [6.07, 6.45) is 6.19. The van der Waals surface area contributed by atoms with Gasteiger partial charge < -0.3 is 14.8 Å². The molecule has 3 rings (SSSR count). The standard InChI is InChI=1S/C23H36N2O3/c1-18-15-19(2)17-25(16-18)13-14-28-21-9-7-20(8-10-21)24-22(26)23(27-3)11-5-4-6-12-23/h7-10,18-19H,4-6,11-17H2,1-3H3,(H,24,26)/t18-,19+. The molecule has 1 saturated heterocycles. The highest BCUT2D eigenvalue weighted by atomic mass is 16.5. The highest BCUT2D eigenvalue weighted by Crippen LogP contribution is 2.32. The number of benzene rings is 1. The van der Waals surface area contributed by atoms with Gasteiger partial charge in [0.2, 0.25) is 0 Å². The van der Waals surface area contributed by atoms with Crippen LogP contribution in [-0.4, -0.2) is 49.8 Å². The van der Waals surface area contributed by atoms with Gasteiger partial charge in [-0.2, -0.15) is 0 Å². The van der Waals surface area contributed by atoms with Crippen LogP contribution in [0.25, 0.3) is 0 Å². The van der Waals surface area contributed by atoms with Gasteiger partial charge in [0, 0.05) is 32.4 Å². The molecule has 1 aliphatic heterocycles. The molecule has 1 amide bonds. The van der Waals surface area contributed by atoms with Crippen molar-refractivity contribution in [2.75, 3.05) is 38.7 Å². The van der Waals surface area contributed by atoms with E-state index in [4.69, 9.17) is 9.47 Å². The summed E-state index contributed by atoms with van der Waals surface area (Å²) in [6, 6.07) is 7.67. The molecular formula is C23H36N2O3. The lowest BCUT2D eigenvalue weighted by Gasteiger charge is -2.34. The summed E-state index contributed by atoms with van der Waals surface area (Å²) in [7, 11) is 1.64. The van der Waals surface area contributed by atoms with E-state index in [-0.39, 0.29) is 5.91 Å². The molecule has 1 aromatic carbocycles. The molecule has 28 heavy (non-hydrogen) atoms. The lowest BCUT2D eigenvalue weighted by Crippen LogP contribution is -2.46. The number of amides is 1. The Bertz CT molecular complexity index is 615. The van der Waals surface area contributed by atoms with Crippen LogP contribution in [0.4, 0.5) is 5.69 Å². The number of methoxy groups -OCH3 is 1. The zero-order valence-corrected chi connectivity index (χ0v) is 17.7. The van der Waals surface area contributed by atoms with Gasteiger partial charge >= 0.3 is 0 Å². The zero-order valence-electron chi connectivity index (χ0n) is 17.7. The van der Waals surface area contributed by atoms with Crippen molar-refractivity contribution < 1.29 is 14.3 Å². The normalized spacial score (nSPS) is 25.2. The molecule has 2 fully saturated rings. The first-order chi connectivity index (χ1) is 13.5. The van der Waals surface area contributed by atoms with Crippen molar-refractivity contribution in [3.8, 4) is 5.75 Å². The minimum atomic E-state index is -0.670. The van der Waals surface area contributed by atoms with Crippen molar-refractivity contribution in [2.24, 2.45) is 11.8 Å². The lowest BCUT2D eigenvalue weighted by atomic mass is 9.84. The molecule has 0 unspecified atom stereocenters. The van der Waals surface area contributed by atoms with E-state index >= 15 is 0 Å².